The van der Waals surface area contributed by atoms with Crippen molar-refractivity contribution < 1.29 is 4.74 Å². The van der Waals surface area contributed by atoms with Gasteiger partial charge in [0.15, 0.2) is 0 Å². The van der Waals surface area contributed by atoms with Gasteiger partial charge in [0.2, 0.25) is 5.90 Å². The lowest BCUT2D eigenvalue weighted by Crippen LogP contribution is -2.04. The molecule has 0 N–H and O–H groups in total. The summed E-state index contributed by atoms with van der Waals surface area (Å²) in [5, 5.41) is 1.96. The fourth-order valence-electron chi connectivity index (χ4n) is 1.92. The van der Waals surface area contributed by atoms with E-state index in [1.807, 2.05) is 84.3 Å². The van der Waals surface area contributed by atoms with E-state index in [-0.39, 0.29) is 0 Å². The Hall–Kier alpha value is -2.85. The van der Waals surface area contributed by atoms with Crippen LogP contribution in [0.15, 0.2) is 107 Å². The van der Waals surface area contributed by atoms with E-state index in [1.54, 1.807) is 24.2 Å². The maximum absolute atomic E-state index is 5.89. The highest BCUT2D eigenvalue weighted by molar-refractivity contribution is 8.02. The van der Waals surface area contributed by atoms with Crippen molar-refractivity contribution in [2.24, 2.45) is 4.99 Å². The first-order valence-electron chi connectivity index (χ1n) is 7.50. The van der Waals surface area contributed by atoms with Gasteiger partial charge >= 0.3 is 0 Å². The van der Waals surface area contributed by atoms with E-state index in [0.29, 0.717) is 5.90 Å². The first-order valence-corrected chi connectivity index (χ1v) is 8.38. The molecule has 0 unspecified atom stereocenters. The molecular weight excluding hydrogens is 316 g/mol. The number of hydrogen-bond acceptors (Lipinski definition) is 4. The van der Waals surface area contributed by atoms with E-state index < -0.39 is 0 Å². The second kappa shape index (κ2) is 8.70. The molecular formula is C20H16N2OS. The van der Waals surface area contributed by atoms with E-state index in [0.717, 1.165) is 16.3 Å². The van der Waals surface area contributed by atoms with Crippen molar-refractivity contribution in [3.63, 3.8) is 0 Å². The van der Waals surface area contributed by atoms with Gasteiger partial charge in [0.1, 0.15) is 5.75 Å². The molecule has 0 aliphatic rings. The molecule has 0 spiro atoms. The SMILES string of the molecule is C(=CC(=Nc1ccccc1)Oc1ccccc1)Sc1ccncc1. The lowest BCUT2D eigenvalue weighted by molar-refractivity contribution is 0.556. The predicted molar refractivity (Wildman–Crippen MR) is 99.8 cm³/mol. The normalized spacial score (nSPS) is 11.6. The minimum atomic E-state index is 0.536. The van der Waals surface area contributed by atoms with Crippen molar-refractivity contribution in [2.75, 3.05) is 0 Å². The van der Waals surface area contributed by atoms with Crippen LogP contribution < -0.4 is 4.74 Å². The Labute approximate surface area is 145 Å². The molecule has 0 radical (unpaired) electrons. The second-order valence-corrected chi connectivity index (χ2v) is 5.78. The van der Waals surface area contributed by atoms with E-state index in [2.05, 4.69) is 9.98 Å². The molecule has 24 heavy (non-hydrogen) atoms. The summed E-state index contributed by atoms with van der Waals surface area (Å²) in [6, 6.07) is 23.3. The standard InChI is InChI=1S/C20H16N2OS/c1-3-7-17(8-4-1)22-20(23-18-9-5-2-6-10-18)13-16-24-19-11-14-21-15-12-19/h1-16H. The summed E-state index contributed by atoms with van der Waals surface area (Å²) in [7, 11) is 0. The average molecular weight is 332 g/mol. The summed E-state index contributed by atoms with van der Waals surface area (Å²) in [5.41, 5.74) is 0.849. The van der Waals surface area contributed by atoms with Gasteiger partial charge in [-0.15, -0.1) is 0 Å². The highest BCUT2D eigenvalue weighted by Crippen LogP contribution is 2.19. The first-order chi connectivity index (χ1) is 11.9. The number of hydrogen-bond donors (Lipinski definition) is 0. The smallest absolute Gasteiger partial charge is 0.220 e. The lowest BCUT2D eigenvalue weighted by Gasteiger charge is -2.05. The molecule has 0 atom stereocenters. The van der Waals surface area contributed by atoms with Crippen LogP contribution in [0, 0.1) is 0 Å². The summed E-state index contributed by atoms with van der Waals surface area (Å²) >= 11 is 1.59. The molecule has 1 aromatic heterocycles. The molecule has 0 amide bonds. The molecule has 3 rings (SSSR count). The topological polar surface area (TPSA) is 34.5 Å². The predicted octanol–water partition coefficient (Wildman–Crippen LogP) is 5.50. The van der Waals surface area contributed by atoms with Gasteiger partial charge < -0.3 is 4.74 Å². The summed E-state index contributed by atoms with van der Waals surface area (Å²) in [6.07, 6.45) is 5.41. The van der Waals surface area contributed by atoms with Crippen LogP contribution in [-0.4, -0.2) is 10.9 Å². The number of benzene rings is 2. The van der Waals surface area contributed by atoms with E-state index in [9.17, 15) is 0 Å². The molecule has 0 aliphatic carbocycles. The molecule has 1 heterocycles. The van der Waals surface area contributed by atoms with E-state index in [1.165, 1.54) is 0 Å². The molecule has 4 heteroatoms. The number of rotatable bonds is 5. The maximum atomic E-state index is 5.89. The Morgan fingerprint density at radius 3 is 2.25 bits per heavy atom. The van der Waals surface area contributed by atoms with E-state index in [4.69, 9.17) is 4.74 Å². The number of aromatic nitrogens is 1. The largest absolute Gasteiger partial charge is 0.439 e. The monoisotopic (exact) mass is 332 g/mol. The number of nitrogens with zero attached hydrogens (tertiary/aromatic N) is 2. The Balaban J connectivity index is 1.78. The molecule has 0 bridgehead atoms. The van der Waals surface area contributed by atoms with Crippen molar-refractivity contribution in [2.45, 2.75) is 4.90 Å². The van der Waals surface area contributed by atoms with Crippen molar-refractivity contribution in [3.8, 4) is 5.75 Å². The lowest BCUT2D eigenvalue weighted by atomic mass is 10.3. The number of aliphatic imine (C=N–C) groups is 1. The number of pyridine rings is 1. The Morgan fingerprint density at radius 1 is 0.875 bits per heavy atom. The third kappa shape index (κ3) is 5.11. The molecule has 2 aromatic carbocycles. The zero-order valence-electron chi connectivity index (χ0n) is 12.9. The summed E-state index contributed by atoms with van der Waals surface area (Å²) in [5.74, 6) is 1.29. The molecule has 3 nitrogen and oxygen atoms in total. The summed E-state index contributed by atoms with van der Waals surface area (Å²) in [6.45, 7) is 0. The van der Waals surface area contributed by atoms with Crippen LogP contribution in [0.4, 0.5) is 5.69 Å². The Morgan fingerprint density at radius 2 is 1.54 bits per heavy atom. The molecule has 0 saturated heterocycles. The van der Waals surface area contributed by atoms with Crippen LogP contribution >= 0.6 is 11.8 Å². The quantitative estimate of drug-likeness (QED) is 0.352. The third-order valence-electron chi connectivity index (χ3n) is 3.03. The first kappa shape index (κ1) is 16.0. The zero-order valence-corrected chi connectivity index (χ0v) is 13.8. The minimum Gasteiger partial charge on any atom is -0.439 e. The minimum absolute atomic E-state index is 0.536. The number of thioether (sulfide) groups is 1. The molecule has 3 aromatic rings. The van der Waals surface area contributed by atoms with Gasteiger partial charge in [-0.05, 0) is 41.8 Å². The van der Waals surface area contributed by atoms with Crippen molar-refractivity contribution in [1.82, 2.24) is 4.98 Å². The van der Waals surface area contributed by atoms with Gasteiger partial charge in [-0.25, -0.2) is 4.99 Å². The van der Waals surface area contributed by atoms with Crippen molar-refractivity contribution in [3.05, 3.63) is 96.7 Å². The van der Waals surface area contributed by atoms with Gasteiger partial charge in [0.25, 0.3) is 0 Å². The van der Waals surface area contributed by atoms with Gasteiger partial charge in [0.05, 0.1) is 5.69 Å². The fourth-order valence-corrected chi connectivity index (χ4v) is 2.54. The van der Waals surface area contributed by atoms with Crippen LogP contribution in [-0.2, 0) is 0 Å². The zero-order chi connectivity index (χ0) is 16.5. The van der Waals surface area contributed by atoms with Crippen molar-refractivity contribution in [1.29, 1.82) is 0 Å². The highest BCUT2D eigenvalue weighted by Gasteiger charge is 2.00. The molecule has 0 fully saturated rings. The van der Waals surface area contributed by atoms with Gasteiger partial charge in [0, 0.05) is 23.4 Å². The van der Waals surface area contributed by atoms with Crippen molar-refractivity contribution >= 4 is 23.3 Å². The molecule has 118 valence electrons. The van der Waals surface area contributed by atoms with Gasteiger partial charge in [-0.1, -0.05) is 48.2 Å². The maximum Gasteiger partial charge on any atom is 0.220 e. The summed E-state index contributed by atoms with van der Waals surface area (Å²) in [4.78, 5) is 9.69. The Bertz CT molecular complexity index is 803. The van der Waals surface area contributed by atoms with Crippen LogP contribution in [0.3, 0.4) is 0 Å². The van der Waals surface area contributed by atoms with Gasteiger partial charge in [-0.3, -0.25) is 4.98 Å². The third-order valence-corrected chi connectivity index (χ3v) is 3.84. The summed E-state index contributed by atoms with van der Waals surface area (Å²) < 4.78 is 5.89. The van der Waals surface area contributed by atoms with Crippen LogP contribution in [0.25, 0.3) is 0 Å². The Kier molecular flexibility index (Phi) is 5.81. The van der Waals surface area contributed by atoms with Crippen LogP contribution in [0.2, 0.25) is 0 Å². The fraction of sp³-hybridized carbons (Fsp3) is 0. The average Bonchev–Trinajstić information content (AvgIpc) is 2.64. The molecule has 0 aliphatic heterocycles. The van der Waals surface area contributed by atoms with Crippen LogP contribution in [0.5, 0.6) is 5.75 Å². The number of ether oxygens (including phenoxy) is 1. The second-order valence-electron chi connectivity index (χ2n) is 4.80. The van der Waals surface area contributed by atoms with E-state index >= 15 is 0 Å². The van der Waals surface area contributed by atoms with Gasteiger partial charge in [-0.2, -0.15) is 0 Å². The number of para-hydroxylation sites is 2. The molecule has 0 saturated carbocycles. The van der Waals surface area contributed by atoms with Crippen LogP contribution in [0.1, 0.15) is 0 Å². The highest BCUT2D eigenvalue weighted by atomic mass is 32.2.